The third kappa shape index (κ3) is 5.65. The number of imide groups is 1. The minimum atomic E-state index is -0.987. The molecule has 0 bridgehead atoms. The van der Waals surface area contributed by atoms with Crippen LogP contribution in [0.25, 0.3) is 0 Å². The summed E-state index contributed by atoms with van der Waals surface area (Å²) in [5.41, 5.74) is 1.82. The van der Waals surface area contributed by atoms with Crippen molar-refractivity contribution in [3.8, 4) is 23.8 Å². The molecule has 0 saturated heterocycles. The summed E-state index contributed by atoms with van der Waals surface area (Å²) in [5.74, 6) is -0.0353. The fraction of sp³-hybridized carbons (Fsp3) is 0.310. The van der Waals surface area contributed by atoms with E-state index in [1.165, 1.54) is 17.9 Å². The molecule has 5 rings (SSSR count). The fourth-order valence-electron chi connectivity index (χ4n) is 4.59. The number of fused-ring (bicyclic) bond motifs is 1. The highest BCUT2D eigenvalue weighted by molar-refractivity contribution is 6.33. The molecule has 0 fully saturated rings. The number of carbonyl (C=O) groups is 4. The van der Waals surface area contributed by atoms with Gasteiger partial charge < -0.3 is 14.6 Å². The van der Waals surface area contributed by atoms with Gasteiger partial charge in [0.2, 0.25) is 0 Å². The summed E-state index contributed by atoms with van der Waals surface area (Å²) in [6.45, 7) is 3.04. The molecule has 1 N–H and O–H groups in total. The number of aliphatic carboxylic acids is 1. The van der Waals surface area contributed by atoms with E-state index in [4.69, 9.17) is 32.6 Å². The van der Waals surface area contributed by atoms with Crippen LogP contribution >= 0.6 is 11.6 Å². The zero-order valence-corrected chi connectivity index (χ0v) is 22.6. The van der Waals surface area contributed by atoms with E-state index in [-0.39, 0.29) is 36.2 Å². The maximum Gasteiger partial charge on any atom is 0.344 e. The van der Waals surface area contributed by atoms with Gasteiger partial charge in [-0.15, -0.1) is 6.42 Å². The number of ether oxygens (including phenoxy) is 2. The molecule has 0 saturated carbocycles. The van der Waals surface area contributed by atoms with Crippen LogP contribution < -0.4 is 19.3 Å². The number of anilines is 2. The van der Waals surface area contributed by atoms with Gasteiger partial charge in [-0.05, 0) is 69.4 Å². The molecule has 208 valence electrons. The number of amides is 3. The molecule has 3 aliphatic rings. The number of nitrogens with zero attached hydrogens (tertiary/aromatic N) is 2. The van der Waals surface area contributed by atoms with Crippen LogP contribution in [0, 0.1) is 25.1 Å². The van der Waals surface area contributed by atoms with Crippen LogP contribution in [0.5, 0.6) is 11.5 Å². The fourth-order valence-corrected chi connectivity index (χ4v) is 4.82. The Balaban J connectivity index is 0.000000224. The van der Waals surface area contributed by atoms with Gasteiger partial charge in [-0.1, -0.05) is 17.5 Å². The number of hydrogen-bond donors (Lipinski definition) is 1. The molecular formula is C29H26ClFN2O7. The number of carboxylic acids is 1. The Labute approximate surface area is 235 Å². The lowest BCUT2D eigenvalue weighted by Crippen LogP contribution is -2.39. The predicted octanol–water partition coefficient (Wildman–Crippen LogP) is 4.43. The Bertz CT molecular complexity index is 1450. The molecule has 1 atom stereocenters. The first-order valence-electron chi connectivity index (χ1n) is 12.5. The third-order valence-corrected chi connectivity index (χ3v) is 6.88. The van der Waals surface area contributed by atoms with Crippen LogP contribution in [-0.2, 0) is 19.2 Å². The van der Waals surface area contributed by atoms with E-state index in [0.717, 1.165) is 29.4 Å². The summed E-state index contributed by atoms with van der Waals surface area (Å²) >= 11 is 5.74. The van der Waals surface area contributed by atoms with Crippen molar-refractivity contribution in [3.63, 3.8) is 0 Å². The Morgan fingerprint density at radius 2 is 1.80 bits per heavy atom. The maximum absolute atomic E-state index is 14.7. The van der Waals surface area contributed by atoms with Crippen molar-refractivity contribution >= 4 is 46.7 Å². The number of carbonyl (C=O) groups excluding carboxylic acids is 3. The third-order valence-electron chi connectivity index (χ3n) is 6.64. The first-order chi connectivity index (χ1) is 19.0. The van der Waals surface area contributed by atoms with Gasteiger partial charge in [0.05, 0.1) is 17.9 Å². The normalized spacial score (nSPS) is 16.8. The summed E-state index contributed by atoms with van der Waals surface area (Å²) < 4.78 is 25.1. The van der Waals surface area contributed by atoms with E-state index < -0.39 is 29.7 Å². The summed E-state index contributed by atoms with van der Waals surface area (Å²) in [6, 6.07) is 7.42. The lowest BCUT2D eigenvalue weighted by molar-refractivity contribution is -0.144. The number of rotatable bonds is 5. The molecule has 11 heteroatoms. The van der Waals surface area contributed by atoms with E-state index in [2.05, 4.69) is 5.92 Å². The molecule has 0 spiro atoms. The molecule has 2 heterocycles. The molecule has 40 heavy (non-hydrogen) atoms. The minimum Gasteiger partial charge on any atom is -0.481 e. The number of carboxylic acid groups (broad SMARTS) is 1. The lowest BCUT2D eigenvalue weighted by atomic mass is 9.93. The Kier molecular flexibility index (Phi) is 8.45. The summed E-state index contributed by atoms with van der Waals surface area (Å²) in [7, 11) is 0. The first-order valence-corrected chi connectivity index (χ1v) is 12.9. The summed E-state index contributed by atoms with van der Waals surface area (Å²) in [6.07, 6.45) is 7.16. The van der Waals surface area contributed by atoms with Crippen LogP contribution in [-0.4, -0.2) is 48.1 Å². The van der Waals surface area contributed by atoms with Crippen molar-refractivity contribution in [2.75, 3.05) is 23.0 Å². The van der Waals surface area contributed by atoms with E-state index >= 15 is 0 Å². The van der Waals surface area contributed by atoms with E-state index in [1.54, 1.807) is 18.2 Å². The molecule has 1 unspecified atom stereocenters. The van der Waals surface area contributed by atoms with Crippen molar-refractivity contribution in [3.05, 3.63) is 57.9 Å². The van der Waals surface area contributed by atoms with Crippen LogP contribution in [0.2, 0.25) is 5.02 Å². The molecule has 0 aromatic heterocycles. The standard InChI is InChI=1S/C19H15FN2O4.C10H11ClO3/c1-2-7-21-15-9-14(13(20)8-16(15)26-10-17(21)23)22-18(24)11-5-3-4-6-12(11)19(22)25;1-6-5-8(11)3-4-9(6)14-7(2)10(12)13/h1,8-9H,3-7,10H2;3-5,7H,1-2H3,(H,12,13). The van der Waals surface area contributed by atoms with E-state index in [1.807, 2.05) is 6.92 Å². The van der Waals surface area contributed by atoms with Gasteiger partial charge in [0, 0.05) is 22.2 Å². The number of hydrogen-bond acceptors (Lipinski definition) is 6. The van der Waals surface area contributed by atoms with Crippen molar-refractivity contribution in [2.45, 2.75) is 45.6 Å². The number of aryl methyl sites for hydroxylation is 1. The van der Waals surface area contributed by atoms with Gasteiger partial charge in [0.1, 0.15) is 11.5 Å². The Morgan fingerprint density at radius 3 is 2.38 bits per heavy atom. The smallest absolute Gasteiger partial charge is 0.344 e. The zero-order chi connectivity index (χ0) is 29.1. The highest BCUT2D eigenvalue weighted by atomic mass is 35.5. The zero-order valence-electron chi connectivity index (χ0n) is 21.8. The maximum atomic E-state index is 14.7. The SMILES string of the molecule is C#CCN1C(=O)COc2cc(F)c(N3C(=O)C4=C(CCCC4)C3=O)cc21.Cc1cc(Cl)ccc1OC(C)C(=O)O. The second-order valence-corrected chi connectivity index (χ2v) is 9.80. The largest absolute Gasteiger partial charge is 0.481 e. The second-order valence-electron chi connectivity index (χ2n) is 9.36. The average molecular weight is 569 g/mol. The quantitative estimate of drug-likeness (QED) is 0.419. The Hall–Kier alpha value is -4.36. The molecule has 2 aromatic rings. The van der Waals surface area contributed by atoms with Gasteiger partial charge >= 0.3 is 5.97 Å². The second kappa shape index (κ2) is 11.8. The minimum absolute atomic E-state index is 0.0170. The topological polar surface area (TPSA) is 113 Å². The predicted molar refractivity (Wildman–Crippen MR) is 145 cm³/mol. The number of terminal acetylenes is 1. The van der Waals surface area contributed by atoms with E-state index in [9.17, 15) is 23.6 Å². The molecule has 1 aliphatic carbocycles. The number of benzene rings is 2. The van der Waals surface area contributed by atoms with Gasteiger partial charge in [0.15, 0.2) is 18.5 Å². The van der Waals surface area contributed by atoms with Crippen LogP contribution in [0.15, 0.2) is 41.5 Å². The molecular weight excluding hydrogens is 543 g/mol. The molecule has 0 radical (unpaired) electrons. The molecule has 2 aliphatic heterocycles. The molecule has 3 amide bonds. The Morgan fingerprint density at radius 1 is 1.15 bits per heavy atom. The monoisotopic (exact) mass is 568 g/mol. The highest BCUT2D eigenvalue weighted by Gasteiger charge is 2.41. The van der Waals surface area contributed by atoms with Crippen molar-refractivity contribution in [1.29, 1.82) is 0 Å². The van der Waals surface area contributed by atoms with Gasteiger partial charge in [-0.3, -0.25) is 19.3 Å². The first kappa shape index (κ1) is 28.6. The summed E-state index contributed by atoms with van der Waals surface area (Å²) in [5, 5.41) is 9.25. The van der Waals surface area contributed by atoms with Crippen LogP contribution in [0.3, 0.4) is 0 Å². The average Bonchev–Trinajstić information content (AvgIpc) is 3.17. The highest BCUT2D eigenvalue weighted by Crippen LogP contribution is 2.41. The van der Waals surface area contributed by atoms with Crippen molar-refractivity contribution in [1.82, 2.24) is 0 Å². The number of halogens is 2. The van der Waals surface area contributed by atoms with Gasteiger partial charge in [-0.25, -0.2) is 14.1 Å². The van der Waals surface area contributed by atoms with Crippen LogP contribution in [0.4, 0.5) is 15.8 Å². The van der Waals surface area contributed by atoms with Crippen molar-refractivity contribution in [2.24, 2.45) is 0 Å². The van der Waals surface area contributed by atoms with Crippen LogP contribution in [0.1, 0.15) is 38.2 Å². The van der Waals surface area contributed by atoms with Crippen molar-refractivity contribution < 1.29 is 38.1 Å². The van der Waals surface area contributed by atoms with Gasteiger partial charge in [-0.2, -0.15) is 0 Å². The summed E-state index contributed by atoms with van der Waals surface area (Å²) in [4.78, 5) is 50.1. The molecule has 2 aromatic carbocycles. The van der Waals surface area contributed by atoms with E-state index in [0.29, 0.717) is 34.8 Å². The van der Waals surface area contributed by atoms with Gasteiger partial charge in [0.25, 0.3) is 17.7 Å². The lowest BCUT2D eigenvalue weighted by Gasteiger charge is -2.29. The molecule has 9 nitrogen and oxygen atoms in total.